The molecule has 0 spiro atoms. The number of unbranched alkanes of at least 4 members (excludes halogenated alkanes) is 1. The van der Waals surface area contributed by atoms with Gasteiger partial charge in [-0.05, 0) is 42.2 Å². The topological polar surface area (TPSA) is 50.4 Å². The van der Waals surface area contributed by atoms with E-state index in [9.17, 15) is 4.79 Å². The third kappa shape index (κ3) is 9.50. The van der Waals surface area contributed by atoms with Gasteiger partial charge < -0.3 is 34.0 Å². The Morgan fingerprint density at radius 3 is 2.20 bits per heavy atom. The van der Waals surface area contributed by atoms with Gasteiger partial charge in [-0.25, -0.2) is 0 Å². The van der Waals surface area contributed by atoms with Crippen LogP contribution >= 0.6 is 0 Å². The van der Waals surface area contributed by atoms with Crippen molar-refractivity contribution in [1.29, 1.82) is 0 Å². The zero-order valence-corrected chi connectivity index (χ0v) is 17.8. The fraction of sp³-hybridized carbons (Fsp3) is 0.240. The molecule has 30 heavy (non-hydrogen) atoms. The number of rotatable bonds is 10. The SMILES string of the molecule is O=[C-]Nc1ccc(CCCCOc2ccc3ccccc3c2)cc1.[CH2-]CNC[CH2-].[Li+]. The van der Waals surface area contributed by atoms with Crippen LogP contribution in [0.3, 0.4) is 0 Å². The fourth-order valence-corrected chi connectivity index (χ4v) is 2.82. The summed E-state index contributed by atoms with van der Waals surface area (Å²) in [5.74, 6) is 0.925. The van der Waals surface area contributed by atoms with Crippen molar-refractivity contribution < 1.29 is 28.4 Å². The number of fused-ring (bicyclic) bond motifs is 1. The first-order valence-corrected chi connectivity index (χ1v) is 9.89. The maximum Gasteiger partial charge on any atom is 1.00 e. The van der Waals surface area contributed by atoms with E-state index < -0.39 is 0 Å². The molecule has 0 fully saturated rings. The van der Waals surface area contributed by atoms with E-state index in [0.717, 1.165) is 50.4 Å². The predicted octanol–water partition coefficient (Wildman–Crippen LogP) is 1.97. The standard InChI is InChI=1S/C21H20NO2.C4H9N.Li/c23-16-22-20-11-8-17(9-12-20)5-3-4-14-24-21-13-10-18-6-1-2-7-19(18)15-21;1-3-5-4-2;/h1-2,6-13,15H,3-5,14H2,(H,22,23);5H,1-4H2;/q-1;-2;+1. The van der Waals surface area contributed by atoms with Crippen molar-refractivity contribution in [1.82, 2.24) is 5.32 Å². The Morgan fingerprint density at radius 2 is 1.57 bits per heavy atom. The number of hydrogen-bond acceptors (Lipinski definition) is 3. The number of hydrogen-bond donors (Lipinski definition) is 2. The maximum atomic E-state index is 10.2. The molecule has 0 saturated heterocycles. The Kier molecular flexibility index (Phi) is 13.4. The van der Waals surface area contributed by atoms with Gasteiger partial charge in [0.1, 0.15) is 5.75 Å². The van der Waals surface area contributed by atoms with Gasteiger partial charge in [0.15, 0.2) is 0 Å². The van der Waals surface area contributed by atoms with E-state index >= 15 is 0 Å². The summed E-state index contributed by atoms with van der Waals surface area (Å²) in [6.45, 7) is 9.33. The van der Waals surface area contributed by atoms with Crippen LogP contribution in [-0.4, -0.2) is 26.1 Å². The van der Waals surface area contributed by atoms with Crippen LogP contribution in [0.15, 0.2) is 66.7 Å². The van der Waals surface area contributed by atoms with E-state index in [2.05, 4.69) is 48.7 Å². The molecule has 2 N–H and O–H groups in total. The molecule has 0 heterocycles. The van der Waals surface area contributed by atoms with Crippen molar-refractivity contribution in [2.75, 3.05) is 25.0 Å². The number of carbonyl (C=O) groups excluding carboxylic acids is 1. The first-order chi connectivity index (χ1) is 14.3. The average molecular weight is 396 g/mol. The second-order valence-corrected chi connectivity index (χ2v) is 6.49. The molecule has 1 amide bonds. The zero-order valence-electron chi connectivity index (χ0n) is 17.8. The largest absolute Gasteiger partial charge is 1.00 e. The van der Waals surface area contributed by atoms with Gasteiger partial charge in [-0.2, -0.15) is 0 Å². The Morgan fingerprint density at radius 1 is 0.867 bits per heavy atom. The van der Waals surface area contributed by atoms with Crippen LogP contribution in [0.1, 0.15) is 18.4 Å². The Bertz CT molecular complexity index is 851. The second-order valence-electron chi connectivity index (χ2n) is 6.49. The number of amides is 1. The normalized spacial score (nSPS) is 9.80. The third-order valence-electron chi connectivity index (χ3n) is 4.35. The van der Waals surface area contributed by atoms with E-state index in [4.69, 9.17) is 4.74 Å². The van der Waals surface area contributed by atoms with Crippen LogP contribution in [0.4, 0.5) is 5.69 Å². The molecule has 3 aromatic rings. The van der Waals surface area contributed by atoms with Crippen LogP contribution in [0.2, 0.25) is 0 Å². The van der Waals surface area contributed by atoms with E-state index in [1.807, 2.05) is 42.5 Å². The summed E-state index contributed by atoms with van der Waals surface area (Å²) in [5.41, 5.74) is 2.03. The van der Waals surface area contributed by atoms with Crippen molar-refractivity contribution in [2.45, 2.75) is 19.3 Å². The van der Waals surface area contributed by atoms with Crippen molar-refractivity contribution in [3.8, 4) is 5.75 Å². The molecule has 0 aliphatic rings. The maximum absolute atomic E-state index is 10.2. The summed E-state index contributed by atoms with van der Waals surface area (Å²) < 4.78 is 5.85. The zero-order chi connectivity index (χ0) is 20.7. The van der Waals surface area contributed by atoms with Gasteiger partial charge in [0.25, 0.3) is 0 Å². The Hall–Kier alpha value is -2.25. The molecule has 0 saturated carbocycles. The number of benzene rings is 3. The molecule has 154 valence electrons. The molecule has 3 rings (SSSR count). The minimum atomic E-state index is 0. The number of anilines is 1. The van der Waals surface area contributed by atoms with Crippen molar-refractivity contribution in [3.63, 3.8) is 0 Å². The molecule has 0 bridgehead atoms. The van der Waals surface area contributed by atoms with E-state index in [1.165, 1.54) is 16.3 Å². The smallest absolute Gasteiger partial charge is 0.494 e. The Labute approximate surface area is 192 Å². The van der Waals surface area contributed by atoms with Crippen LogP contribution in [0.25, 0.3) is 10.8 Å². The van der Waals surface area contributed by atoms with Gasteiger partial charge in [-0.3, -0.25) is 0 Å². The van der Waals surface area contributed by atoms with Gasteiger partial charge in [-0.15, -0.1) is 30.9 Å². The van der Waals surface area contributed by atoms with Crippen molar-refractivity contribution in [2.24, 2.45) is 0 Å². The van der Waals surface area contributed by atoms with Gasteiger partial charge in [-0.1, -0.05) is 48.0 Å². The number of ether oxygens (including phenoxy) is 1. The van der Waals surface area contributed by atoms with E-state index in [-0.39, 0.29) is 18.9 Å². The summed E-state index contributed by atoms with van der Waals surface area (Å²) in [6.07, 6.45) is 4.76. The molecule has 0 radical (unpaired) electrons. The van der Waals surface area contributed by atoms with Crippen LogP contribution in [-0.2, 0) is 11.2 Å². The first-order valence-electron chi connectivity index (χ1n) is 9.89. The second kappa shape index (κ2) is 15.6. The Balaban J connectivity index is 0.000000674. The molecule has 5 heteroatoms. The molecule has 0 aliphatic heterocycles. The number of aryl methyl sites for hydroxylation is 1. The molecule has 0 atom stereocenters. The van der Waals surface area contributed by atoms with E-state index in [1.54, 1.807) is 6.41 Å². The van der Waals surface area contributed by atoms with Gasteiger partial charge in [0.05, 0.1) is 13.0 Å². The minimum absolute atomic E-state index is 0. The van der Waals surface area contributed by atoms with Crippen molar-refractivity contribution >= 4 is 22.9 Å². The van der Waals surface area contributed by atoms with Crippen LogP contribution in [0, 0.1) is 13.8 Å². The molecule has 0 aromatic heterocycles. The molecular formula is C25H29LiN2O2-2. The predicted molar refractivity (Wildman–Crippen MR) is 122 cm³/mol. The van der Waals surface area contributed by atoms with Gasteiger partial charge in [0, 0.05) is 0 Å². The third-order valence-corrected chi connectivity index (χ3v) is 4.35. The molecule has 0 unspecified atom stereocenters. The minimum Gasteiger partial charge on any atom is -0.494 e. The van der Waals surface area contributed by atoms with Gasteiger partial charge >= 0.3 is 18.9 Å². The molecule has 3 aromatic carbocycles. The van der Waals surface area contributed by atoms with Crippen molar-refractivity contribution in [3.05, 3.63) is 86.1 Å². The summed E-state index contributed by atoms with van der Waals surface area (Å²) in [6, 6.07) is 22.4. The summed E-state index contributed by atoms with van der Waals surface area (Å²) in [7, 11) is 0. The molecule has 4 nitrogen and oxygen atoms in total. The average Bonchev–Trinajstić information content (AvgIpc) is 2.76. The van der Waals surface area contributed by atoms with E-state index in [0.29, 0.717) is 0 Å². The monoisotopic (exact) mass is 396 g/mol. The summed E-state index contributed by atoms with van der Waals surface area (Å²) in [4.78, 5) is 10.2. The fourth-order valence-electron chi connectivity index (χ4n) is 2.82. The summed E-state index contributed by atoms with van der Waals surface area (Å²) in [5, 5.41) is 7.84. The quantitative estimate of drug-likeness (QED) is 0.238. The summed E-state index contributed by atoms with van der Waals surface area (Å²) >= 11 is 0. The molecular weight excluding hydrogens is 367 g/mol. The first kappa shape index (κ1) is 25.8. The molecule has 0 aliphatic carbocycles. The number of nitrogens with one attached hydrogen (secondary N) is 2. The van der Waals surface area contributed by atoms with Crippen LogP contribution < -0.4 is 34.2 Å². The van der Waals surface area contributed by atoms with Crippen LogP contribution in [0.5, 0.6) is 5.75 Å². The van der Waals surface area contributed by atoms with Gasteiger partial charge in [0.2, 0.25) is 0 Å².